The molecule has 1 heterocycles. The average molecular weight is 553 g/mol. The van der Waals surface area contributed by atoms with Crippen LogP contribution in [0.4, 0.5) is 0 Å². The van der Waals surface area contributed by atoms with Gasteiger partial charge in [-0.15, -0.1) is 0 Å². The lowest BCUT2D eigenvalue weighted by Crippen LogP contribution is -2.40. The van der Waals surface area contributed by atoms with E-state index in [4.69, 9.17) is 4.74 Å². The minimum atomic E-state index is -0.601. The van der Waals surface area contributed by atoms with E-state index in [2.05, 4.69) is 13.8 Å². The fourth-order valence-electron chi connectivity index (χ4n) is 6.64. The summed E-state index contributed by atoms with van der Waals surface area (Å²) < 4.78 is 6.14. The van der Waals surface area contributed by atoms with E-state index in [0.717, 1.165) is 74.7 Å². The second-order valence-electron chi connectivity index (χ2n) is 12.3. The van der Waals surface area contributed by atoms with Crippen LogP contribution in [0.1, 0.15) is 134 Å². The fourth-order valence-corrected chi connectivity index (χ4v) is 6.64. The van der Waals surface area contributed by atoms with Crippen molar-refractivity contribution in [1.82, 2.24) is 0 Å². The summed E-state index contributed by atoms with van der Waals surface area (Å²) in [5.74, 6) is 0.923. The molecule has 1 unspecified atom stereocenters. The van der Waals surface area contributed by atoms with Gasteiger partial charge in [0.25, 0.3) is 0 Å². The zero-order valence-electron chi connectivity index (χ0n) is 25.1. The molecule has 5 heteroatoms. The van der Waals surface area contributed by atoms with Gasteiger partial charge in [-0.05, 0) is 55.0 Å². The van der Waals surface area contributed by atoms with Gasteiger partial charge in [-0.1, -0.05) is 110 Å². The maximum absolute atomic E-state index is 12.1. The second kappa shape index (κ2) is 15.3. The molecule has 3 N–H and O–H groups in total. The molecule has 0 spiro atoms. The number of phenols is 2. The number of carbonyl (C=O) groups is 1. The van der Waals surface area contributed by atoms with E-state index < -0.39 is 11.4 Å². The Morgan fingerprint density at radius 2 is 1.43 bits per heavy atom. The first-order chi connectivity index (χ1) is 19.3. The van der Waals surface area contributed by atoms with Gasteiger partial charge in [0.15, 0.2) is 0 Å². The summed E-state index contributed by atoms with van der Waals surface area (Å²) >= 11 is 0. The smallest absolute Gasteiger partial charge is 0.309 e. The van der Waals surface area contributed by atoms with Crippen LogP contribution in [0.15, 0.2) is 42.5 Å². The van der Waals surface area contributed by atoms with E-state index in [1.807, 2.05) is 25.1 Å². The van der Waals surface area contributed by atoms with Gasteiger partial charge in [0, 0.05) is 17.4 Å². The van der Waals surface area contributed by atoms with E-state index in [0.29, 0.717) is 6.61 Å². The van der Waals surface area contributed by atoms with E-state index >= 15 is 0 Å². The Labute approximate surface area is 242 Å². The van der Waals surface area contributed by atoms with Crippen LogP contribution in [0.3, 0.4) is 0 Å². The van der Waals surface area contributed by atoms with Crippen LogP contribution in [-0.2, 0) is 10.2 Å². The summed E-state index contributed by atoms with van der Waals surface area (Å²) in [6, 6.07) is 13.0. The minimum absolute atomic E-state index is 0.218. The number of ether oxygens (including phenoxy) is 1. The Balaban J connectivity index is 1.46. The number of hydrogen-bond donors (Lipinski definition) is 3. The third kappa shape index (κ3) is 8.17. The monoisotopic (exact) mass is 552 g/mol. The van der Waals surface area contributed by atoms with Crippen molar-refractivity contribution >= 4 is 5.97 Å². The summed E-state index contributed by atoms with van der Waals surface area (Å²) in [6.45, 7) is 7.01. The van der Waals surface area contributed by atoms with E-state index in [1.165, 1.54) is 38.5 Å². The first kappa shape index (κ1) is 31.8. The van der Waals surface area contributed by atoms with Crippen molar-refractivity contribution in [3.63, 3.8) is 0 Å². The quantitative estimate of drug-likeness (QED) is 0.160. The minimum Gasteiger partial charge on any atom is -0.508 e. The third-order valence-electron chi connectivity index (χ3n) is 9.48. The number of phenolic OH excluding ortho intramolecular Hbond substituents is 2. The normalized spacial score (nSPS) is 19.9. The number of hydrogen-bond acceptors (Lipinski definition) is 4. The molecule has 2 aromatic rings. The standard InChI is InChI=1S/C35H52O5/c1-4-6-7-14-23-35(5-2,33(38)39)24-15-12-10-8-9-11-13-16-31-30-22-21-29(37)25-32(30)40-26-34(31,3)27-17-19-28(36)20-18-27/h17-22,25,31,36-37H,4-16,23-24,26H2,1-3H3,(H,38,39)/t31-,34-,35?/m1/s1. The van der Waals surface area contributed by atoms with Crippen molar-refractivity contribution in [3.8, 4) is 17.2 Å². The van der Waals surface area contributed by atoms with Crippen LogP contribution >= 0.6 is 0 Å². The molecule has 40 heavy (non-hydrogen) atoms. The molecule has 3 rings (SSSR count). The summed E-state index contributed by atoms with van der Waals surface area (Å²) in [5.41, 5.74) is 1.55. The molecule has 1 aliphatic heterocycles. The molecule has 0 bridgehead atoms. The van der Waals surface area contributed by atoms with Crippen molar-refractivity contribution in [2.24, 2.45) is 5.41 Å². The highest BCUT2D eigenvalue weighted by Gasteiger charge is 2.42. The molecular formula is C35H52O5. The van der Waals surface area contributed by atoms with E-state index in [-0.39, 0.29) is 22.8 Å². The first-order valence-electron chi connectivity index (χ1n) is 15.7. The van der Waals surface area contributed by atoms with Crippen molar-refractivity contribution in [2.45, 2.75) is 128 Å². The zero-order valence-corrected chi connectivity index (χ0v) is 25.1. The van der Waals surface area contributed by atoms with Gasteiger partial charge < -0.3 is 20.1 Å². The molecule has 0 saturated carbocycles. The highest BCUT2D eigenvalue weighted by Crippen LogP contribution is 2.49. The van der Waals surface area contributed by atoms with Gasteiger partial charge in [-0.3, -0.25) is 4.79 Å². The molecule has 0 radical (unpaired) electrons. The molecule has 0 aromatic heterocycles. The Kier molecular flexibility index (Phi) is 12.2. The molecule has 2 aromatic carbocycles. The molecular weight excluding hydrogens is 500 g/mol. The Morgan fingerprint density at radius 1 is 0.850 bits per heavy atom. The van der Waals surface area contributed by atoms with Gasteiger partial charge in [0.2, 0.25) is 0 Å². The topological polar surface area (TPSA) is 87.0 Å². The highest BCUT2D eigenvalue weighted by molar-refractivity contribution is 5.74. The number of aliphatic carboxylic acids is 1. The molecule has 222 valence electrons. The maximum Gasteiger partial charge on any atom is 0.309 e. The number of carboxylic acids is 1. The molecule has 0 saturated heterocycles. The van der Waals surface area contributed by atoms with Gasteiger partial charge in [-0.25, -0.2) is 0 Å². The van der Waals surface area contributed by atoms with Crippen LogP contribution in [0.2, 0.25) is 0 Å². The van der Waals surface area contributed by atoms with E-state index in [9.17, 15) is 20.1 Å². The lowest BCUT2D eigenvalue weighted by molar-refractivity contribution is -0.150. The van der Waals surface area contributed by atoms with Crippen LogP contribution in [0.25, 0.3) is 0 Å². The number of fused-ring (bicyclic) bond motifs is 1. The number of benzene rings is 2. The average Bonchev–Trinajstić information content (AvgIpc) is 2.94. The molecule has 1 aliphatic rings. The summed E-state index contributed by atoms with van der Waals surface area (Å²) in [5, 5.41) is 29.8. The molecule has 3 atom stereocenters. The summed E-state index contributed by atoms with van der Waals surface area (Å²) in [4.78, 5) is 12.1. The van der Waals surface area contributed by atoms with E-state index in [1.54, 1.807) is 24.3 Å². The molecule has 0 amide bonds. The number of carboxylic acid groups (broad SMARTS) is 1. The van der Waals surface area contributed by atoms with Crippen LogP contribution < -0.4 is 4.74 Å². The van der Waals surface area contributed by atoms with Crippen molar-refractivity contribution in [3.05, 3.63) is 53.6 Å². The maximum atomic E-state index is 12.1. The van der Waals surface area contributed by atoms with Gasteiger partial charge in [0.05, 0.1) is 12.0 Å². The number of rotatable bonds is 18. The van der Waals surface area contributed by atoms with Crippen LogP contribution in [-0.4, -0.2) is 27.9 Å². The van der Waals surface area contributed by atoms with Crippen LogP contribution in [0.5, 0.6) is 17.2 Å². The Bertz CT molecular complexity index is 1050. The SMILES string of the molecule is CCCCCCC(CC)(CCCCCCCCC[C@@H]1c2ccc(O)cc2OC[C@]1(C)c1ccc(O)cc1)C(=O)O. The van der Waals surface area contributed by atoms with Crippen molar-refractivity contribution in [2.75, 3.05) is 6.61 Å². The Morgan fingerprint density at radius 3 is 2.02 bits per heavy atom. The van der Waals surface area contributed by atoms with Gasteiger partial charge >= 0.3 is 5.97 Å². The molecule has 0 aliphatic carbocycles. The first-order valence-corrected chi connectivity index (χ1v) is 15.7. The lowest BCUT2D eigenvalue weighted by Gasteiger charge is -2.43. The summed E-state index contributed by atoms with van der Waals surface area (Å²) in [7, 11) is 0. The molecule has 5 nitrogen and oxygen atoms in total. The number of unbranched alkanes of at least 4 members (excludes halogenated alkanes) is 9. The number of aromatic hydroxyl groups is 2. The molecule has 0 fully saturated rings. The van der Waals surface area contributed by atoms with Gasteiger partial charge in [0.1, 0.15) is 17.2 Å². The van der Waals surface area contributed by atoms with Crippen molar-refractivity contribution < 1.29 is 24.9 Å². The van der Waals surface area contributed by atoms with Gasteiger partial charge in [-0.2, -0.15) is 0 Å². The van der Waals surface area contributed by atoms with Crippen molar-refractivity contribution in [1.29, 1.82) is 0 Å². The fraction of sp³-hybridized carbons (Fsp3) is 0.629. The predicted octanol–water partition coefficient (Wildman–Crippen LogP) is 9.49. The lowest BCUT2D eigenvalue weighted by atomic mass is 9.66. The predicted molar refractivity (Wildman–Crippen MR) is 162 cm³/mol. The zero-order chi connectivity index (χ0) is 29.0. The second-order valence-corrected chi connectivity index (χ2v) is 12.3. The summed E-state index contributed by atoms with van der Waals surface area (Å²) in [6.07, 6.45) is 15.9. The van der Waals surface area contributed by atoms with Crippen LogP contribution in [0, 0.1) is 5.41 Å². The Hall–Kier alpha value is -2.69. The third-order valence-corrected chi connectivity index (χ3v) is 9.48. The highest BCUT2D eigenvalue weighted by atomic mass is 16.5. The largest absolute Gasteiger partial charge is 0.508 e.